The molecule has 0 spiro atoms. The van der Waals surface area contributed by atoms with Crippen molar-refractivity contribution in [2.75, 3.05) is 32.9 Å². The van der Waals surface area contributed by atoms with E-state index in [0.717, 1.165) is 39.1 Å². The van der Waals surface area contributed by atoms with E-state index in [1.807, 2.05) is 6.92 Å². The zero-order chi connectivity index (χ0) is 17.3. The van der Waals surface area contributed by atoms with Crippen LogP contribution in [-0.4, -0.2) is 49.6 Å². The van der Waals surface area contributed by atoms with Gasteiger partial charge in [0.1, 0.15) is 0 Å². The van der Waals surface area contributed by atoms with Crippen molar-refractivity contribution in [2.45, 2.75) is 84.9 Å². The monoisotopic (exact) mass is 316 g/mol. The van der Waals surface area contributed by atoms with Crippen LogP contribution in [0.15, 0.2) is 0 Å². The highest BCUT2D eigenvalue weighted by molar-refractivity contribution is 4.81. The van der Waals surface area contributed by atoms with Crippen molar-refractivity contribution in [3.63, 3.8) is 0 Å². The molecule has 0 radical (unpaired) electrons. The topological polar surface area (TPSA) is 42.5 Å². The predicted molar refractivity (Wildman–Crippen MR) is 95.6 cm³/mol. The summed E-state index contributed by atoms with van der Waals surface area (Å²) in [7, 11) is 0. The van der Waals surface area contributed by atoms with Gasteiger partial charge in [0.2, 0.25) is 0 Å². The molecule has 0 aliphatic carbocycles. The Bertz CT molecular complexity index is 283. The summed E-state index contributed by atoms with van der Waals surface area (Å²) in [5.74, 6) is 0. The van der Waals surface area contributed by atoms with Gasteiger partial charge in [-0.25, -0.2) is 0 Å². The van der Waals surface area contributed by atoms with Crippen LogP contribution in [0.2, 0.25) is 0 Å². The summed E-state index contributed by atoms with van der Waals surface area (Å²) < 4.78 is 11.5. The van der Waals surface area contributed by atoms with Crippen LogP contribution in [0, 0.1) is 0 Å². The molecule has 0 aromatic carbocycles. The van der Waals surface area contributed by atoms with Gasteiger partial charge in [0.05, 0.1) is 12.2 Å². The first-order valence-electron chi connectivity index (χ1n) is 8.69. The average molecular weight is 317 g/mol. The molecule has 0 saturated heterocycles. The van der Waals surface area contributed by atoms with Gasteiger partial charge in [-0.1, -0.05) is 0 Å². The molecule has 4 nitrogen and oxygen atoms in total. The van der Waals surface area contributed by atoms with Crippen molar-refractivity contribution in [2.24, 2.45) is 0 Å². The van der Waals surface area contributed by atoms with E-state index in [2.05, 4.69) is 59.1 Å². The third-order valence-corrected chi connectivity index (χ3v) is 3.48. The molecule has 0 saturated carbocycles. The maximum atomic E-state index is 6.15. The minimum Gasteiger partial charge on any atom is -0.382 e. The van der Waals surface area contributed by atoms with Crippen molar-refractivity contribution in [1.29, 1.82) is 0 Å². The van der Waals surface area contributed by atoms with Crippen LogP contribution in [0.5, 0.6) is 0 Å². The Balaban J connectivity index is 3.95. The molecule has 0 aliphatic rings. The van der Waals surface area contributed by atoms with Gasteiger partial charge < -0.3 is 20.1 Å². The van der Waals surface area contributed by atoms with E-state index in [0.29, 0.717) is 6.61 Å². The van der Waals surface area contributed by atoms with E-state index < -0.39 is 0 Å². The zero-order valence-corrected chi connectivity index (χ0v) is 16.3. The molecule has 134 valence electrons. The number of ether oxygens (including phenoxy) is 2. The third-order valence-electron chi connectivity index (χ3n) is 3.48. The smallest absolute Gasteiger partial charge is 0.0650 e. The van der Waals surface area contributed by atoms with Crippen LogP contribution in [0.1, 0.15) is 68.2 Å². The van der Waals surface area contributed by atoms with Crippen LogP contribution in [0.4, 0.5) is 0 Å². The van der Waals surface area contributed by atoms with E-state index in [1.165, 1.54) is 0 Å². The van der Waals surface area contributed by atoms with E-state index in [1.54, 1.807) is 0 Å². The maximum absolute atomic E-state index is 6.15. The van der Waals surface area contributed by atoms with Crippen LogP contribution in [0.3, 0.4) is 0 Å². The van der Waals surface area contributed by atoms with Crippen LogP contribution >= 0.6 is 0 Å². The Morgan fingerprint density at radius 1 is 0.864 bits per heavy atom. The quantitative estimate of drug-likeness (QED) is 0.542. The lowest BCUT2D eigenvalue weighted by atomic mass is 10.0. The number of hydrogen-bond donors (Lipinski definition) is 2. The fraction of sp³-hybridized carbons (Fsp3) is 1.00. The minimum atomic E-state index is -0.109. The van der Waals surface area contributed by atoms with Gasteiger partial charge in [-0.2, -0.15) is 0 Å². The lowest BCUT2D eigenvalue weighted by Gasteiger charge is -2.33. The van der Waals surface area contributed by atoms with Crippen molar-refractivity contribution < 1.29 is 9.47 Å². The molecule has 0 fully saturated rings. The first-order chi connectivity index (χ1) is 9.97. The molecule has 0 aromatic heterocycles. The zero-order valence-electron chi connectivity index (χ0n) is 16.3. The van der Waals surface area contributed by atoms with Gasteiger partial charge in [0, 0.05) is 24.3 Å². The van der Waals surface area contributed by atoms with Crippen molar-refractivity contribution in [1.82, 2.24) is 10.6 Å². The molecule has 22 heavy (non-hydrogen) atoms. The highest BCUT2D eigenvalue weighted by atomic mass is 16.5. The number of rotatable bonds is 12. The minimum absolute atomic E-state index is 0.0130. The van der Waals surface area contributed by atoms with E-state index in [4.69, 9.17) is 9.47 Å². The average Bonchev–Trinajstić information content (AvgIpc) is 2.35. The SMILES string of the molecule is CCOCCCNC(C)(C)COC(C)(C)CCNC(C)(C)C. The lowest BCUT2D eigenvalue weighted by Crippen LogP contribution is -2.47. The molecular weight excluding hydrogens is 276 g/mol. The summed E-state index contributed by atoms with van der Waals surface area (Å²) in [5.41, 5.74) is 0.0426. The van der Waals surface area contributed by atoms with Crippen molar-refractivity contribution in [3.8, 4) is 0 Å². The third kappa shape index (κ3) is 13.5. The van der Waals surface area contributed by atoms with E-state index >= 15 is 0 Å². The summed E-state index contributed by atoms with van der Waals surface area (Å²) in [5, 5.41) is 7.07. The fourth-order valence-electron chi connectivity index (χ4n) is 1.98. The standard InChI is InChI=1S/C18H40N2O2/c1-9-21-14-10-12-20-17(5,6)15-22-18(7,8)11-13-19-16(2,3)4/h19-20H,9-15H2,1-8H3. The highest BCUT2D eigenvalue weighted by Crippen LogP contribution is 2.17. The first-order valence-corrected chi connectivity index (χ1v) is 8.69. The summed E-state index contributed by atoms with van der Waals surface area (Å²) in [6, 6.07) is 0. The number of hydrogen-bond acceptors (Lipinski definition) is 4. The first kappa shape index (κ1) is 21.8. The Morgan fingerprint density at radius 2 is 1.50 bits per heavy atom. The van der Waals surface area contributed by atoms with Gasteiger partial charge in [-0.05, 0) is 81.3 Å². The molecule has 0 aromatic rings. The molecule has 2 N–H and O–H groups in total. The largest absolute Gasteiger partial charge is 0.382 e. The summed E-state index contributed by atoms with van der Waals surface area (Å²) in [6.45, 7) is 21.6. The van der Waals surface area contributed by atoms with Crippen LogP contribution < -0.4 is 10.6 Å². The molecular formula is C18H40N2O2. The Hall–Kier alpha value is -0.160. The highest BCUT2D eigenvalue weighted by Gasteiger charge is 2.24. The summed E-state index contributed by atoms with van der Waals surface area (Å²) in [6.07, 6.45) is 2.04. The van der Waals surface area contributed by atoms with Crippen LogP contribution in [0.25, 0.3) is 0 Å². The molecule has 0 heterocycles. The van der Waals surface area contributed by atoms with E-state index in [-0.39, 0.29) is 16.7 Å². The van der Waals surface area contributed by atoms with Crippen molar-refractivity contribution >= 4 is 0 Å². The second-order valence-corrected chi connectivity index (χ2v) is 8.34. The van der Waals surface area contributed by atoms with Gasteiger partial charge in [-0.15, -0.1) is 0 Å². The second-order valence-electron chi connectivity index (χ2n) is 8.34. The van der Waals surface area contributed by atoms with Gasteiger partial charge in [0.25, 0.3) is 0 Å². The molecule has 0 amide bonds. The molecule has 0 unspecified atom stereocenters. The van der Waals surface area contributed by atoms with Crippen molar-refractivity contribution in [3.05, 3.63) is 0 Å². The predicted octanol–water partition coefficient (Wildman–Crippen LogP) is 3.35. The van der Waals surface area contributed by atoms with Gasteiger partial charge in [-0.3, -0.25) is 0 Å². The van der Waals surface area contributed by atoms with Crippen LogP contribution in [-0.2, 0) is 9.47 Å². The normalized spacial score (nSPS) is 13.6. The lowest BCUT2D eigenvalue weighted by molar-refractivity contribution is -0.0477. The molecule has 0 rings (SSSR count). The Kier molecular flexibility index (Phi) is 9.79. The van der Waals surface area contributed by atoms with Gasteiger partial charge >= 0.3 is 0 Å². The molecule has 0 bridgehead atoms. The molecule has 0 aliphatic heterocycles. The fourth-order valence-corrected chi connectivity index (χ4v) is 1.98. The Morgan fingerprint density at radius 3 is 2.05 bits per heavy atom. The Labute approximate surface area is 138 Å². The van der Waals surface area contributed by atoms with E-state index in [9.17, 15) is 0 Å². The molecule has 4 heteroatoms. The van der Waals surface area contributed by atoms with Gasteiger partial charge in [0.15, 0.2) is 0 Å². The second kappa shape index (κ2) is 9.86. The maximum Gasteiger partial charge on any atom is 0.0650 e. The summed E-state index contributed by atoms with van der Waals surface area (Å²) in [4.78, 5) is 0. The molecule has 0 atom stereocenters. The number of nitrogens with one attached hydrogen (secondary N) is 2. The summed E-state index contributed by atoms with van der Waals surface area (Å²) >= 11 is 0.